The summed E-state index contributed by atoms with van der Waals surface area (Å²) in [7, 11) is 0. The average molecular weight is 302 g/mol. The summed E-state index contributed by atoms with van der Waals surface area (Å²) in [6.45, 7) is 0. The molecule has 0 aliphatic heterocycles. The van der Waals surface area contributed by atoms with Crippen molar-refractivity contribution in [2.75, 3.05) is 5.43 Å². The third kappa shape index (κ3) is 5.17. The molecule has 4 nitrogen and oxygen atoms in total. The molecule has 1 aliphatic carbocycles. The number of hydrogen-bond donors (Lipinski definition) is 2. The molecule has 0 saturated heterocycles. The Morgan fingerprint density at radius 1 is 1.10 bits per heavy atom. The van der Waals surface area contributed by atoms with Crippen molar-refractivity contribution in [2.24, 2.45) is 5.92 Å². The van der Waals surface area contributed by atoms with Gasteiger partial charge in [0.1, 0.15) is 5.75 Å². The van der Waals surface area contributed by atoms with E-state index in [1.165, 1.54) is 24.3 Å². The van der Waals surface area contributed by atoms with Crippen LogP contribution in [0.15, 0.2) is 24.3 Å². The lowest BCUT2D eigenvalue weighted by Gasteiger charge is -2.21. The van der Waals surface area contributed by atoms with Gasteiger partial charge in [0.25, 0.3) is 0 Å². The lowest BCUT2D eigenvalue weighted by molar-refractivity contribution is -0.274. The summed E-state index contributed by atoms with van der Waals surface area (Å²) in [4.78, 5) is 11.9. The van der Waals surface area contributed by atoms with E-state index in [1.807, 2.05) is 0 Å². The number of rotatable bonds is 4. The van der Waals surface area contributed by atoms with E-state index in [2.05, 4.69) is 15.6 Å². The molecule has 1 aromatic rings. The molecule has 7 heteroatoms. The van der Waals surface area contributed by atoms with Crippen molar-refractivity contribution in [1.29, 1.82) is 0 Å². The third-order valence-electron chi connectivity index (χ3n) is 3.39. The van der Waals surface area contributed by atoms with Gasteiger partial charge in [0.2, 0.25) is 5.91 Å². The number of halogens is 3. The molecule has 0 unspecified atom stereocenters. The highest BCUT2D eigenvalue weighted by molar-refractivity contribution is 5.80. The minimum Gasteiger partial charge on any atom is -0.406 e. The Morgan fingerprint density at radius 2 is 1.71 bits per heavy atom. The number of alkyl halides is 3. The van der Waals surface area contributed by atoms with Crippen LogP contribution < -0.4 is 15.6 Å². The molecule has 1 amide bonds. The number of ether oxygens (including phenoxy) is 1. The fraction of sp³-hybridized carbons (Fsp3) is 0.500. The monoisotopic (exact) mass is 302 g/mol. The summed E-state index contributed by atoms with van der Waals surface area (Å²) in [6, 6.07) is 5.18. The van der Waals surface area contributed by atoms with Crippen LogP contribution in [0.5, 0.6) is 5.75 Å². The number of hydrogen-bond acceptors (Lipinski definition) is 3. The normalized spacial score (nSPS) is 16.3. The minimum absolute atomic E-state index is 0.0130. The van der Waals surface area contributed by atoms with Gasteiger partial charge in [-0.1, -0.05) is 19.3 Å². The largest absolute Gasteiger partial charge is 0.573 e. The van der Waals surface area contributed by atoms with Crippen molar-refractivity contribution in [1.82, 2.24) is 5.43 Å². The van der Waals surface area contributed by atoms with Gasteiger partial charge in [-0.3, -0.25) is 15.6 Å². The number of carbonyl (C=O) groups excluding carboxylic acids is 1. The summed E-state index contributed by atoms with van der Waals surface area (Å²) in [5.74, 6) is -0.365. The second kappa shape index (κ2) is 6.69. The quantitative estimate of drug-likeness (QED) is 0.835. The van der Waals surface area contributed by atoms with Gasteiger partial charge in [0, 0.05) is 5.92 Å². The van der Waals surface area contributed by atoms with Gasteiger partial charge < -0.3 is 4.74 Å². The summed E-state index contributed by atoms with van der Waals surface area (Å²) < 4.78 is 39.8. The van der Waals surface area contributed by atoms with Crippen LogP contribution in [0.2, 0.25) is 0 Å². The second-order valence-corrected chi connectivity index (χ2v) is 5.02. The highest BCUT2D eigenvalue weighted by atomic mass is 19.4. The van der Waals surface area contributed by atoms with Crippen LogP contribution >= 0.6 is 0 Å². The van der Waals surface area contributed by atoms with Gasteiger partial charge in [-0.15, -0.1) is 13.2 Å². The molecule has 1 saturated carbocycles. The fourth-order valence-corrected chi connectivity index (χ4v) is 2.34. The van der Waals surface area contributed by atoms with Crippen LogP contribution in [0.1, 0.15) is 32.1 Å². The summed E-state index contributed by atoms with van der Waals surface area (Å²) in [6.07, 6.45) is 0.336. The van der Waals surface area contributed by atoms with Crippen LogP contribution in [-0.2, 0) is 4.79 Å². The maximum absolute atomic E-state index is 12.0. The Hall–Kier alpha value is -1.92. The number of carbonyl (C=O) groups is 1. The lowest BCUT2D eigenvalue weighted by atomic mass is 9.89. The Morgan fingerprint density at radius 3 is 2.29 bits per heavy atom. The molecule has 1 fully saturated rings. The maximum Gasteiger partial charge on any atom is 0.573 e. The zero-order valence-electron chi connectivity index (χ0n) is 11.4. The van der Waals surface area contributed by atoms with E-state index in [9.17, 15) is 18.0 Å². The molecule has 0 aromatic heterocycles. The van der Waals surface area contributed by atoms with Gasteiger partial charge in [0.15, 0.2) is 0 Å². The standard InChI is InChI=1S/C14H17F3N2O2/c15-14(16,17)21-12-8-6-11(7-9-12)18-19-13(20)10-4-2-1-3-5-10/h6-10,18H,1-5H2,(H,19,20). The molecule has 1 aliphatic rings. The second-order valence-electron chi connectivity index (χ2n) is 5.02. The molecular formula is C14H17F3N2O2. The van der Waals surface area contributed by atoms with E-state index in [-0.39, 0.29) is 17.6 Å². The Labute approximate surface area is 120 Å². The summed E-state index contributed by atoms with van der Waals surface area (Å²) >= 11 is 0. The molecule has 1 aromatic carbocycles. The first-order chi connectivity index (χ1) is 9.94. The van der Waals surface area contributed by atoms with Crippen molar-refractivity contribution in [2.45, 2.75) is 38.5 Å². The predicted molar refractivity (Wildman–Crippen MR) is 71.5 cm³/mol. The van der Waals surface area contributed by atoms with Gasteiger partial charge in [0.05, 0.1) is 5.69 Å². The van der Waals surface area contributed by atoms with Crippen LogP contribution in [0.25, 0.3) is 0 Å². The average Bonchev–Trinajstić information content (AvgIpc) is 2.45. The predicted octanol–water partition coefficient (Wildman–Crippen LogP) is 3.61. The SMILES string of the molecule is O=C(NNc1ccc(OC(F)(F)F)cc1)C1CCCCC1. The zero-order chi connectivity index (χ0) is 15.3. The van der Waals surface area contributed by atoms with Crippen LogP contribution in [-0.4, -0.2) is 12.3 Å². The first-order valence-electron chi connectivity index (χ1n) is 6.86. The van der Waals surface area contributed by atoms with E-state index < -0.39 is 6.36 Å². The molecule has 0 heterocycles. The highest BCUT2D eigenvalue weighted by Gasteiger charge is 2.30. The van der Waals surface area contributed by atoms with Gasteiger partial charge in [-0.05, 0) is 37.1 Å². The third-order valence-corrected chi connectivity index (χ3v) is 3.39. The van der Waals surface area contributed by atoms with Gasteiger partial charge >= 0.3 is 6.36 Å². The molecule has 0 radical (unpaired) electrons. The van der Waals surface area contributed by atoms with Crippen molar-refractivity contribution < 1.29 is 22.7 Å². The summed E-state index contributed by atoms with van der Waals surface area (Å²) in [5, 5.41) is 0. The molecule has 0 spiro atoms. The van der Waals surface area contributed by atoms with E-state index in [1.54, 1.807) is 0 Å². The van der Waals surface area contributed by atoms with Gasteiger partial charge in [-0.25, -0.2) is 0 Å². The highest BCUT2D eigenvalue weighted by Crippen LogP contribution is 2.25. The number of hydrazine groups is 1. The van der Waals surface area contributed by atoms with E-state index >= 15 is 0 Å². The number of benzene rings is 1. The van der Waals surface area contributed by atoms with E-state index in [0.29, 0.717) is 5.69 Å². The molecule has 2 N–H and O–H groups in total. The number of anilines is 1. The molecule has 0 atom stereocenters. The van der Waals surface area contributed by atoms with E-state index in [4.69, 9.17) is 0 Å². The van der Waals surface area contributed by atoms with Crippen LogP contribution in [0.3, 0.4) is 0 Å². The number of nitrogens with one attached hydrogen (secondary N) is 2. The Bertz CT molecular complexity index is 468. The Balaban J connectivity index is 1.81. The van der Waals surface area contributed by atoms with Crippen molar-refractivity contribution in [3.05, 3.63) is 24.3 Å². The van der Waals surface area contributed by atoms with Crippen molar-refractivity contribution in [3.8, 4) is 5.75 Å². The fourth-order valence-electron chi connectivity index (χ4n) is 2.34. The smallest absolute Gasteiger partial charge is 0.406 e. The van der Waals surface area contributed by atoms with Crippen LogP contribution in [0.4, 0.5) is 18.9 Å². The maximum atomic E-state index is 12.0. The lowest BCUT2D eigenvalue weighted by Crippen LogP contribution is -2.35. The van der Waals surface area contributed by atoms with Crippen molar-refractivity contribution >= 4 is 11.6 Å². The molecular weight excluding hydrogens is 285 g/mol. The van der Waals surface area contributed by atoms with Gasteiger partial charge in [-0.2, -0.15) is 0 Å². The first kappa shape index (κ1) is 15.5. The molecule has 21 heavy (non-hydrogen) atoms. The van der Waals surface area contributed by atoms with Crippen LogP contribution in [0, 0.1) is 5.92 Å². The zero-order valence-corrected chi connectivity index (χ0v) is 11.4. The number of amides is 1. The van der Waals surface area contributed by atoms with E-state index in [0.717, 1.165) is 32.1 Å². The minimum atomic E-state index is -4.70. The Kier molecular flexibility index (Phi) is 4.93. The summed E-state index contributed by atoms with van der Waals surface area (Å²) in [5.41, 5.74) is 5.77. The van der Waals surface area contributed by atoms with Crippen molar-refractivity contribution in [3.63, 3.8) is 0 Å². The molecule has 2 rings (SSSR count). The first-order valence-corrected chi connectivity index (χ1v) is 6.86. The molecule has 0 bridgehead atoms. The molecule has 116 valence electrons. The topological polar surface area (TPSA) is 50.4 Å².